The fourth-order valence-corrected chi connectivity index (χ4v) is 2.26. The van der Waals surface area contributed by atoms with Crippen LogP contribution in [0.3, 0.4) is 0 Å². The molecule has 2 rings (SSSR count). The molecule has 0 aliphatic carbocycles. The van der Waals surface area contributed by atoms with Gasteiger partial charge in [-0.2, -0.15) is 0 Å². The molecule has 1 aliphatic heterocycles. The van der Waals surface area contributed by atoms with Crippen molar-refractivity contribution in [3.8, 4) is 0 Å². The Kier molecular flexibility index (Phi) is 5.09. The van der Waals surface area contributed by atoms with Crippen LogP contribution >= 0.6 is 0 Å². The molecule has 0 spiro atoms. The molecule has 2 atom stereocenters. The highest BCUT2D eigenvalue weighted by Crippen LogP contribution is 2.15. The third-order valence-corrected chi connectivity index (χ3v) is 3.22. The number of nitrogens with two attached hydrogens (primary N) is 1. The predicted octanol–water partition coefficient (Wildman–Crippen LogP) is 0.691. The van der Waals surface area contributed by atoms with Gasteiger partial charge in [0.05, 0.1) is 6.10 Å². The molecular weight excluding hydrogens is 258 g/mol. The van der Waals surface area contributed by atoms with Crippen LogP contribution in [0, 0.1) is 0 Å². The van der Waals surface area contributed by atoms with Gasteiger partial charge in [0.25, 0.3) is 0 Å². The normalized spacial score (nSPS) is 19.5. The summed E-state index contributed by atoms with van der Waals surface area (Å²) in [5.41, 5.74) is 5.79. The van der Waals surface area contributed by atoms with Crippen molar-refractivity contribution in [2.45, 2.75) is 25.0 Å². The number of ether oxygens (including phenoxy) is 1. The maximum Gasteiger partial charge on any atom is 0.318 e. The number of amides is 3. The van der Waals surface area contributed by atoms with E-state index in [1.165, 1.54) is 0 Å². The topological polar surface area (TPSA) is 93.5 Å². The van der Waals surface area contributed by atoms with Crippen LogP contribution in [0.1, 0.15) is 24.4 Å². The van der Waals surface area contributed by atoms with Crippen molar-refractivity contribution in [1.82, 2.24) is 10.6 Å². The van der Waals surface area contributed by atoms with Gasteiger partial charge in [-0.25, -0.2) is 4.79 Å². The quantitative estimate of drug-likeness (QED) is 0.738. The van der Waals surface area contributed by atoms with E-state index in [1.807, 2.05) is 30.3 Å². The zero-order valence-corrected chi connectivity index (χ0v) is 11.2. The van der Waals surface area contributed by atoms with Gasteiger partial charge in [-0.05, 0) is 18.4 Å². The monoisotopic (exact) mass is 277 g/mol. The van der Waals surface area contributed by atoms with Crippen LogP contribution < -0.4 is 16.4 Å². The minimum atomic E-state index is -0.852. The van der Waals surface area contributed by atoms with Crippen molar-refractivity contribution in [1.29, 1.82) is 0 Å². The lowest BCUT2D eigenvalue weighted by Crippen LogP contribution is -2.44. The molecule has 0 bridgehead atoms. The minimum absolute atomic E-state index is 0.114. The lowest BCUT2D eigenvalue weighted by Gasteiger charge is -2.20. The van der Waals surface area contributed by atoms with E-state index in [-0.39, 0.29) is 6.10 Å². The van der Waals surface area contributed by atoms with Gasteiger partial charge in [0, 0.05) is 13.2 Å². The standard InChI is InChI=1S/C14H19N3O3/c15-14(19)17-13(18)12(10-5-2-1-3-6-10)16-9-11-7-4-8-20-11/h1-3,5-6,11-12,16H,4,7-9H2,(H3,15,17,18,19)/t11-,12-/m0/s1. The van der Waals surface area contributed by atoms with E-state index >= 15 is 0 Å². The molecule has 0 radical (unpaired) electrons. The molecule has 6 heteroatoms. The Morgan fingerprint density at radius 1 is 1.35 bits per heavy atom. The largest absolute Gasteiger partial charge is 0.377 e. The van der Waals surface area contributed by atoms with E-state index in [2.05, 4.69) is 10.6 Å². The summed E-state index contributed by atoms with van der Waals surface area (Å²) in [6.07, 6.45) is 2.13. The van der Waals surface area contributed by atoms with Gasteiger partial charge in [0.1, 0.15) is 6.04 Å². The Hall–Kier alpha value is -1.92. The molecule has 1 aromatic rings. The molecule has 4 N–H and O–H groups in total. The van der Waals surface area contributed by atoms with Crippen LogP contribution in [0.5, 0.6) is 0 Å². The Bertz CT molecular complexity index is 458. The number of hydrogen-bond acceptors (Lipinski definition) is 4. The maximum atomic E-state index is 12.0. The molecule has 108 valence electrons. The van der Waals surface area contributed by atoms with Gasteiger partial charge >= 0.3 is 6.03 Å². The summed E-state index contributed by atoms with van der Waals surface area (Å²) in [7, 11) is 0. The molecule has 1 aliphatic rings. The van der Waals surface area contributed by atoms with Crippen molar-refractivity contribution in [3.05, 3.63) is 35.9 Å². The average Bonchev–Trinajstić information content (AvgIpc) is 2.92. The first-order chi connectivity index (χ1) is 9.66. The molecule has 1 saturated heterocycles. The second-order valence-corrected chi connectivity index (χ2v) is 4.74. The summed E-state index contributed by atoms with van der Waals surface area (Å²) < 4.78 is 5.51. The highest BCUT2D eigenvalue weighted by atomic mass is 16.5. The number of primary amides is 1. The Labute approximate surface area is 117 Å². The third-order valence-electron chi connectivity index (χ3n) is 3.22. The molecule has 3 amide bonds. The van der Waals surface area contributed by atoms with Crippen LogP contribution in [-0.4, -0.2) is 31.2 Å². The third kappa shape index (κ3) is 4.04. The maximum absolute atomic E-state index is 12.0. The van der Waals surface area contributed by atoms with Crippen LogP contribution in [-0.2, 0) is 9.53 Å². The van der Waals surface area contributed by atoms with Crippen molar-refractivity contribution < 1.29 is 14.3 Å². The number of benzene rings is 1. The van der Waals surface area contributed by atoms with Gasteiger partial charge in [-0.3, -0.25) is 15.4 Å². The molecule has 20 heavy (non-hydrogen) atoms. The smallest absolute Gasteiger partial charge is 0.318 e. The van der Waals surface area contributed by atoms with Crippen molar-refractivity contribution in [3.63, 3.8) is 0 Å². The summed E-state index contributed by atoms with van der Waals surface area (Å²) in [4.78, 5) is 22.9. The molecule has 0 unspecified atom stereocenters. The number of hydrogen-bond donors (Lipinski definition) is 3. The second kappa shape index (κ2) is 7.02. The first-order valence-electron chi connectivity index (χ1n) is 6.67. The summed E-state index contributed by atoms with van der Waals surface area (Å²) in [6, 6.07) is 7.73. The van der Waals surface area contributed by atoms with Crippen molar-refractivity contribution >= 4 is 11.9 Å². The van der Waals surface area contributed by atoms with Crippen LogP contribution in [0.25, 0.3) is 0 Å². The highest BCUT2D eigenvalue weighted by molar-refractivity contribution is 5.96. The zero-order chi connectivity index (χ0) is 14.4. The Morgan fingerprint density at radius 2 is 2.10 bits per heavy atom. The average molecular weight is 277 g/mol. The lowest BCUT2D eigenvalue weighted by molar-refractivity contribution is -0.122. The van der Waals surface area contributed by atoms with Gasteiger partial charge in [-0.1, -0.05) is 30.3 Å². The predicted molar refractivity (Wildman–Crippen MR) is 73.9 cm³/mol. The summed E-state index contributed by atoms with van der Waals surface area (Å²) in [5.74, 6) is -0.457. The van der Waals surface area contributed by atoms with Crippen LogP contribution in [0.15, 0.2) is 30.3 Å². The fraction of sp³-hybridized carbons (Fsp3) is 0.429. The minimum Gasteiger partial charge on any atom is -0.377 e. The number of carbonyl (C=O) groups is 2. The lowest BCUT2D eigenvalue weighted by atomic mass is 10.1. The number of nitrogens with one attached hydrogen (secondary N) is 2. The van der Waals surface area contributed by atoms with Crippen LogP contribution in [0.4, 0.5) is 4.79 Å². The number of urea groups is 1. The van der Waals surface area contributed by atoms with E-state index in [9.17, 15) is 9.59 Å². The molecule has 1 heterocycles. The highest BCUT2D eigenvalue weighted by Gasteiger charge is 2.23. The molecule has 1 aromatic carbocycles. The van der Waals surface area contributed by atoms with Gasteiger partial charge in [0.15, 0.2) is 0 Å². The zero-order valence-electron chi connectivity index (χ0n) is 11.2. The van der Waals surface area contributed by atoms with Crippen molar-refractivity contribution in [2.24, 2.45) is 5.73 Å². The molecular formula is C14H19N3O3. The van der Waals surface area contributed by atoms with Crippen LogP contribution in [0.2, 0.25) is 0 Å². The number of imide groups is 1. The van der Waals surface area contributed by atoms with E-state index in [0.717, 1.165) is 25.0 Å². The molecule has 0 aromatic heterocycles. The fourth-order valence-electron chi connectivity index (χ4n) is 2.26. The molecule has 0 saturated carbocycles. The molecule has 1 fully saturated rings. The van der Waals surface area contributed by atoms with Gasteiger partial charge in [0.2, 0.25) is 5.91 Å². The van der Waals surface area contributed by atoms with E-state index in [4.69, 9.17) is 10.5 Å². The first kappa shape index (κ1) is 14.5. The SMILES string of the molecule is NC(=O)NC(=O)[C@@H](NC[C@@H]1CCCO1)c1ccccc1. The first-order valence-corrected chi connectivity index (χ1v) is 6.67. The van der Waals surface area contributed by atoms with E-state index in [0.29, 0.717) is 6.54 Å². The summed E-state index contributed by atoms with van der Waals surface area (Å²) in [6.45, 7) is 1.32. The molecule has 6 nitrogen and oxygen atoms in total. The number of carbonyl (C=O) groups excluding carboxylic acids is 2. The number of rotatable bonds is 5. The Morgan fingerprint density at radius 3 is 2.70 bits per heavy atom. The summed E-state index contributed by atoms with van der Waals surface area (Å²) >= 11 is 0. The second-order valence-electron chi connectivity index (χ2n) is 4.74. The Balaban J connectivity index is 2.03. The van der Waals surface area contributed by atoms with E-state index in [1.54, 1.807) is 0 Å². The summed E-state index contributed by atoms with van der Waals surface area (Å²) in [5, 5.41) is 5.25. The van der Waals surface area contributed by atoms with Gasteiger partial charge in [-0.15, -0.1) is 0 Å². The van der Waals surface area contributed by atoms with Crippen molar-refractivity contribution in [2.75, 3.05) is 13.2 Å². The van der Waals surface area contributed by atoms with E-state index < -0.39 is 18.0 Å². The van der Waals surface area contributed by atoms with Gasteiger partial charge < -0.3 is 10.5 Å².